The summed E-state index contributed by atoms with van der Waals surface area (Å²) in [6, 6.07) is 0. The average Bonchev–Trinajstić information content (AvgIpc) is 3.42. The largest absolute Gasteiger partial charge is 0.481 e. The van der Waals surface area contributed by atoms with Crippen LogP contribution in [0.3, 0.4) is 0 Å². The molecule has 0 aromatic carbocycles. The summed E-state index contributed by atoms with van der Waals surface area (Å²) in [5, 5.41) is 13.7. The SMILES string of the molecule is CC1(C)C(C2=CCC(C(=O)O)CC2)=CCC2(C)C1CCC1(C)C3CCC4(NCCN5CCS(=O)(=O)CC5)CCC[C@@H]4C3CCC12. The van der Waals surface area contributed by atoms with E-state index >= 15 is 0 Å². The van der Waals surface area contributed by atoms with Crippen LogP contribution in [-0.4, -0.2) is 67.6 Å². The highest BCUT2D eigenvalue weighted by Crippen LogP contribution is 2.72. The van der Waals surface area contributed by atoms with Gasteiger partial charge in [0.25, 0.3) is 0 Å². The molecule has 5 fully saturated rings. The molecule has 0 bridgehead atoms. The zero-order valence-electron chi connectivity index (χ0n) is 28.6. The smallest absolute Gasteiger partial charge is 0.306 e. The van der Waals surface area contributed by atoms with Crippen LogP contribution in [0.5, 0.6) is 0 Å². The second kappa shape index (κ2) is 11.5. The van der Waals surface area contributed by atoms with Crippen LogP contribution in [0.1, 0.15) is 111 Å². The number of carboxylic acids is 1. The molecule has 4 saturated carbocycles. The molecule has 7 aliphatic rings. The first-order valence-corrected chi connectivity index (χ1v) is 20.4. The Morgan fingerprint density at radius 3 is 2.40 bits per heavy atom. The van der Waals surface area contributed by atoms with Gasteiger partial charge in [-0.2, -0.15) is 0 Å². The maximum Gasteiger partial charge on any atom is 0.306 e. The molecule has 0 amide bonds. The van der Waals surface area contributed by atoms with Gasteiger partial charge < -0.3 is 15.3 Å². The van der Waals surface area contributed by atoms with Crippen LogP contribution < -0.4 is 5.32 Å². The summed E-state index contributed by atoms with van der Waals surface area (Å²) in [6.45, 7) is 13.8. The molecule has 1 aliphatic heterocycles. The molecule has 0 spiro atoms. The van der Waals surface area contributed by atoms with Crippen molar-refractivity contribution < 1.29 is 18.3 Å². The maximum atomic E-state index is 11.9. The third kappa shape index (κ3) is 5.32. The van der Waals surface area contributed by atoms with E-state index in [9.17, 15) is 18.3 Å². The van der Waals surface area contributed by atoms with Gasteiger partial charge in [-0.3, -0.25) is 4.79 Å². The molecule has 1 heterocycles. The van der Waals surface area contributed by atoms with Crippen LogP contribution in [0.25, 0.3) is 0 Å². The number of allylic oxidation sites excluding steroid dienone is 4. The Labute approximate surface area is 273 Å². The van der Waals surface area contributed by atoms with Crippen LogP contribution in [0.2, 0.25) is 0 Å². The molecular formula is C38H60N2O4S. The third-order valence-corrected chi connectivity index (χ3v) is 17.1. The number of fused-ring (bicyclic) bond motifs is 7. The monoisotopic (exact) mass is 640 g/mol. The van der Waals surface area contributed by atoms with Gasteiger partial charge in [0.1, 0.15) is 0 Å². The molecule has 0 aromatic rings. The Morgan fingerprint density at radius 2 is 1.69 bits per heavy atom. The first-order chi connectivity index (χ1) is 21.3. The predicted molar refractivity (Wildman–Crippen MR) is 181 cm³/mol. The van der Waals surface area contributed by atoms with Gasteiger partial charge >= 0.3 is 5.97 Å². The van der Waals surface area contributed by atoms with Crippen molar-refractivity contribution in [3.05, 3.63) is 23.3 Å². The van der Waals surface area contributed by atoms with Crippen LogP contribution in [-0.2, 0) is 14.6 Å². The predicted octanol–water partition coefficient (Wildman–Crippen LogP) is 6.87. The van der Waals surface area contributed by atoms with E-state index in [1.165, 1.54) is 75.4 Å². The van der Waals surface area contributed by atoms with Crippen molar-refractivity contribution in [2.75, 3.05) is 37.7 Å². The lowest BCUT2D eigenvalue weighted by atomic mass is 9.37. The van der Waals surface area contributed by atoms with E-state index < -0.39 is 15.8 Å². The van der Waals surface area contributed by atoms with Gasteiger partial charge in [-0.15, -0.1) is 0 Å². The summed E-state index contributed by atoms with van der Waals surface area (Å²) in [4.78, 5) is 14.0. The molecule has 1 saturated heterocycles. The van der Waals surface area contributed by atoms with Crippen LogP contribution >= 0.6 is 0 Å². The van der Waals surface area contributed by atoms with Crippen LogP contribution in [0, 0.1) is 51.8 Å². The lowest BCUT2D eigenvalue weighted by Crippen LogP contribution is -2.64. The lowest BCUT2D eigenvalue weighted by molar-refractivity contribution is -0.175. The standard InChI is InChI=1S/C38H60N2O4S/c1-35(2)29(26-7-9-27(10-8-26)34(41)42)13-17-37(4)32(35)15-18-36(3)30-14-19-38(16-5-6-31(38)28(30)11-12-33(36)37)39-20-21-40-22-24-45(43,44)25-23-40/h7,13,27-28,30-33,39H,5-6,8-12,14-25H2,1-4H3,(H,41,42)/t27?,28?,30?,31-,32?,33?,36?,37?,38?/m1/s1. The number of carboxylic acid groups (broad SMARTS) is 1. The minimum absolute atomic E-state index is 0.128. The topological polar surface area (TPSA) is 86.7 Å². The van der Waals surface area contributed by atoms with E-state index in [-0.39, 0.29) is 11.3 Å². The fourth-order valence-corrected chi connectivity index (χ4v) is 14.7. The number of hydrogen-bond donors (Lipinski definition) is 2. The summed E-state index contributed by atoms with van der Waals surface area (Å²) in [5.41, 5.74) is 4.15. The minimum Gasteiger partial charge on any atom is -0.481 e. The molecule has 7 heteroatoms. The lowest BCUT2D eigenvalue weighted by Gasteiger charge is -2.68. The normalized spacial score (nSPS) is 45.7. The van der Waals surface area contributed by atoms with Gasteiger partial charge in [-0.05, 0) is 134 Å². The van der Waals surface area contributed by atoms with Crippen molar-refractivity contribution in [2.45, 2.75) is 117 Å². The number of sulfone groups is 1. The molecule has 6 nitrogen and oxygen atoms in total. The zero-order chi connectivity index (χ0) is 31.8. The van der Waals surface area contributed by atoms with Crippen molar-refractivity contribution in [3.8, 4) is 0 Å². The quantitative estimate of drug-likeness (QED) is 0.330. The Morgan fingerprint density at radius 1 is 0.911 bits per heavy atom. The van der Waals surface area contributed by atoms with Crippen molar-refractivity contribution in [2.24, 2.45) is 51.8 Å². The van der Waals surface area contributed by atoms with Gasteiger partial charge in [-0.25, -0.2) is 8.42 Å². The van der Waals surface area contributed by atoms with Gasteiger partial charge in [0.2, 0.25) is 0 Å². The molecule has 45 heavy (non-hydrogen) atoms. The number of nitrogens with zero attached hydrogens (tertiary/aromatic N) is 1. The maximum absolute atomic E-state index is 11.9. The van der Waals surface area contributed by atoms with E-state index in [0.717, 1.165) is 49.6 Å². The highest BCUT2D eigenvalue weighted by Gasteiger charge is 2.65. The van der Waals surface area contributed by atoms with Gasteiger partial charge in [0, 0.05) is 31.7 Å². The molecule has 7 rings (SSSR count). The van der Waals surface area contributed by atoms with E-state index in [1.807, 2.05) is 0 Å². The second-order valence-corrected chi connectivity index (χ2v) is 20.0. The summed E-state index contributed by atoms with van der Waals surface area (Å²) in [5.74, 6) is 3.72. The van der Waals surface area contributed by atoms with Gasteiger partial charge in [0.15, 0.2) is 9.84 Å². The van der Waals surface area contributed by atoms with E-state index in [1.54, 1.807) is 0 Å². The summed E-state index contributed by atoms with van der Waals surface area (Å²) < 4.78 is 23.8. The summed E-state index contributed by atoms with van der Waals surface area (Å²) >= 11 is 0. The van der Waals surface area contributed by atoms with Crippen molar-refractivity contribution in [1.29, 1.82) is 0 Å². The highest BCUT2D eigenvalue weighted by molar-refractivity contribution is 7.91. The first-order valence-electron chi connectivity index (χ1n) is 18.6. The molecule has 0 radical (unpaired) electrons. The van der Waals surface area contributed by atoms with Gasteiger partial charge in [0.05, 0.1) is 17.4 Å². The average molecular weight is 641 g/mol. The number of carbonyl (C=O) groups is 1. The summed E-state index contributed by atoms with van der Waals surface area (Å²) in [6.07, 6.45) is 20.6. The molecule has 9 atom stereocenters. The van der Waals surface area contributed by atoms with Crippen molar-refractivity contribution in [3.63, 3.8) is 0 Å². The molecule has 252 valence electrons. The Hall–Kier alpha value is -1.18. The molecule has 2 N–H and O–H groups in total. The number of rotatable bonds is 6. The first kappa shape index (κ1) is 32.4. The number of nitrogens with one attached hydrogen (secondary N) is 1. The van der Waals surface area contributed by atoms with E-state index in [2.05, 4.69) is 50.1 Å². The highest BCUT2D eigenvalue weighted by atomic mass is 32.2. The second-order valence-electron chi connectivity index (χ2n) is 17.7. The summed E-state index contributed by atoms with van der Waals surface area (Å²) in [7, 11) is -2.82. The van der Waals surface area contributed by atoms with Crippen LogP contribution in [0.4, 0.5) is 0 Å². The Bertz CT molecular complexity index is 1340. The number of aliphatic carboxylic acids is 1. The van der Waals surface area contributed by atoms with E-state index in [4.69, 9.17) is 0 Å². The zero-order valence-corrected chi connectivity index (χ0v) is 29.4. The van der Waals surface area contributed by atoms with E-state index in [0.29, 0.717) is 53.3 Å². The van der Waals surface area contributed by atoms with Crippen molar-refractivity contribution >= 4 is 15.8 Å². The molecule has 0 aromatic heterocycles. The van der Waals surface area contributed by atoms with Gasteiger partial charge in [-0.1, -0.05) is 46.3 Å². The minimum atomic E-state index is -2.82. The fourth-order valence-electron chi connectivity index (χ4n) is 13.4. The molecule has 6 aliphatic carbocycles. The van der Waals surface area contributed by atoms with Crippen molar-refractivity contribution in [1.82, 2.24) is 10.2 Å². The van der Waals surface area contributed by atoms with Crippen LogP contribution in [0.15, 0.2) is 23.3 Å². The third-order valence-electron chi connectivity index (χ3n) is 15.5. The molecular weight excluding hydrogens is 580 g/mol. The Kier molecular flexibility index (Phi) is 8.25. The fraction of sp³-hybridized carbons (Fsp3) is 0.868. The molecule has 8 unspecified atom stereocenters. The Balaban J connectivity index is 1.06. The number of hydrogen-bond acceptors (Lipinski definition) is 5.